The van der Waals surface area contributed by atoms with Crippen molar-refractivity contribution >= 4 is 17.4 Å². The number of carbonyl (C=O) groups excluding carboxylic acids is 2. The van der Waals surface area contributed by atoms with E-state index in [0.717, 1.165) is 5.56 Å². The molecule has 1 heterocycles. The van der Waals surface area contributed by atoms with Crippen LogP contribution in [0.1, 0.15) is 44.6 Å². The summed E-state index contributed by atoms with van der Waals surface area (Å²) < 4.78 is 11.4. The van der Waals surface area contributed by atoms with Gasteiger partial charge in [-0.15, -0.1) is 5.10 Å². The maximum atomic E-state index is 13.4. The van der Waals surface area contributed by atoms with Crippen molar-refractivity contribution in [1.82, 2.24) is 15.0 Å². The van der Waals surface area contributed by atoms with E-state index in [0.29, 0.717) is 11.3 Å². The number of nitro benzene ring substituents is 1. The number of aromatic nitrogens is 3. The Kier molecular flexibility index (Phi) is 6.39. The summed E-state index contributed by atoms with van der Waals surface area (Å²) in [6.07, 6.45) is 0. The number of nitrogens with zero attached hydrogens (tertiary/aromatic N) is 4. The van der Waals surface area contributed by atoms with Gasteiger partial charge in [0.25, 0.3) is 5.69 Å². The Bertz CT molecular complexity index is 1140. The van der Waals surface area contributed by atoms with Gasteiger partial charge in [-0.25, -0.2) is 9.48 Å². The van der Waals surface area contributed by atoms with E-state index in [-0.39, 0.29) is 35.8 Å². The lowest BCUT2D eigenvalue weighted by atomic mass is 10.0. The second-order valence-corrected chi connectivity index (χ2v) is 6.57. The smallest absolute Gasteiger partial charge is 0.361 e. The fraction of sp³-hybridized carbons (Fsp3) is 0.238. The molecule has 2 aromatic carbocycles. The molecule has 0 radical (unpaired) electrons. The number of esters is 1. The lowest BCUT2D eigenvalue weighted by Crippen LogP contribution is -2.18. The van der Waals surface area contributed by atoms with Crippen LogP contribution in [0.5, 0.6) is 5.75 Å². The van der Waals surface area contributed by atoms with Crippen LogP contribution in [0.25, 0.3) is 0 Å². The van der Waals surface area contributed by atoms with Crippen molar-refractivity contribution in [2.24, 2.45) is 0 Å². The summed E-state index contributed by atoms with van der Waals surface area (Å²) >= 11 is 0. The molecule has 10 heteroatoms. The Morgan fingerprint density at radius 1 is 1.16 bits per heavy atom. The number of aryl methyl sites for hydroxylation is 1. The van der Waals surface area contributed by atoms with Gasteiger partial charge in [0.1, 0.15) is 17.0 Å². The molecule has 3 aromatic rings. The molecule has 0 aliphatic carbocycles. The number of hydrogen-bond donors (Lipinski definition) is 0. The number of ether oxygens (including phenoxy) is 2. The SMILES string of the molecule is CCOC(=O)c1nnn(Cc2ccc(OC)cc2)c1C(=O)c1cccc(C)c1[N+](=O)[O-]. The first kappa shape index (κ1) is 21.6. The topological polar surface area (TPSA) is 126 Å². The summed E-state index contributed by atoms with van der Waals surface area (Å²) in [6, 6.07) is 11.4. The summed E-state index contributed by atoms with van der Waals surface area (Å²) in [7, 11) is 1.55. The van der Waals surface area contributed by atoms with Crippen LogP contribution in [0.4, 0.5) is 5.69 Å². The molecular formula is C21H20N4O6. The molecule has 0 aliphatic rings. The number of methoxy groups -OCH3 is 1. The highest BCUT2D eigenvalue weighted by Gasteiger charge is 2.32. The monoisotopic (exact) mass is 424 g/mol. The number of nitro groups is 1. The van der Waals surface area contributed by atoms with Crippen molar-refractivity contribution in [1.29, 1.82) is 0 Å². The van der Waals surface area contributed by atoms with Gasteiger partial charge in [0.15, 0.2) is 0 Å². The van der Waals surface area contributed by atoms with Crippen LogP contribution >= 0.6 is 0 Å². The lowest BCUT2D eigenvalue weighted by molar-refractivity contribution is -0.385. The van der Waals surface area contributed by atoms with Crippen LogP contribution in [-0.2, 0) is 11.3 Å². The Labute approximate surface area is 177 Å². The highest BCUT2D eigenvalue weighted by Crippen LogP contribution is 2.27. The van der Waals surface area contributed by atoms with Gasteiger partial charge < -0.3 is 9.47 Å². The second-order valence-electron chi connectivity index (χ2n) is 6.57. The molecule has 1 aromatic heterocycles. The average molecular weight is 424 g/mol. The first-order valence-electron chi connectivity index (χ1n) is 9.39. The maximum absolute atomic E-state index is 13.4. The normalized spacial score (nSPS) is 10.5. The number of ketones is 1. The molecule has 0 N–H and O–H groups in total. The van der Waals surface area contributed by atoms with E-state index in [2.05, 4.69) is 10.3 Å². The maximum Gasteiger partial charge on any atom is 0.361 e. The zero-order valence-electron chi connectivity index (χ0n) is 17.2. The molecule has 0 atom stereocenters. The van der Waals surface area contributed by atoms with Crippen molar-refractivity contribution in [3.63, 3.8) is 0 Å². The van der Waals surface area contributed by atoms with Crippen molar-refractivity contribution in [2.45, 2.75) is 20.4 Å². The van der Waals surface area contributed by atoms with Gasteiger partial charge in [-0.3, -0.25) is 14.9 Å². The van der Waals surface area contributed by atoms with Crippen LogP contribution in [-0.4, -0.2) is 45.4 Å². The molecule has 0 aliphatic heterocycles. The number of carbonyl (C=O) groups is 2. The minimum atomic E-state index is -0.831. The summed E-state index contributed by atoms with van der Waals surface area (Å²) in [5, 5.41) is 19.4. The summed E-state index contributed by atoms with van der Waals surface area (Å²) in [4.78, 5) is 36.8. The fourth-order valence-corrected chi connectivity index (χ4v) is 3.10. The van der Waals surface area contributed by atoms with Crippen molar-refractivity contribution in [2.75, 3.05) is 13.7 Å². The molecule has 0 amide bonds. The van der Waals surface area contributed by atoms with Gasteiger partial charge in [0.05, 0.1) is 25.2 Å². The largest absolute Gasteiger partial charge is 0.497 e. The van der Waals surface area contributed by atoms with Gasteiger partial charge in [-0.2, -0.15) is 0 Å². The van der Waals surface area contributed by atoms with E-state index < -0.39 is 16.7 Å². The number of hydrogen-bond acceptors (Lipinski definition) is 8. The lowest BCUT2D eigenvalue weighted by Gasteiger charge is -2.09. The second kappa shape index (κ2) is 9.16. The molecule has 0 spiro atoms. The molecule has 31 heavy (non-hydrogen) atoms. The fourth-order valence-electron chi connectivity index (χ4n) is 3.10. The predicted molar refractivity (Wildman–Crippen MR) is 109 cm³/mol. The van der Waals surface area contributed by atoms with Crippen LogP contribution in [0.2, 0.25) is 0 Å². The minimum absolute atomic E-state index is 0.0718. The van der Waals surface area contributed by atoms with Gasteiger partial charge in [-0.1, -0.05) is 29.5 Å². The van der Waals surface area contributed by atoms with E-state index in [9.17, 15) is 19.7 Å². The molecule has 10 nitrogen and oxygen atoms in total. The molecule has 3 rings (SSSR count). The standard InChI is InChI=1S/C21H20N4O6/c1-4-31-21(27)17-19(20(26)16-7-5-6-13(2)18(16)25(28)29)24(23-22-17)12-14-8-10-15(30-3)11-9-14/h5-11H,4,12H2,1-3H3. The number of rotatable bonds is 8. The Balaban J connectivity index is 2.11. The van der Waals surface area contributed by atoms with Crippen molar-refractivity contribution in [3.8, 4) is 5.75 Å². The molecule has 160 valence electrons. The van der Waals surface area contributed by atoms with Crippen molar-refractivity contribution < 1.29 is 24.0 Å². The van der Waals surface area contributed by atoms with Gasteiger partial charge >= 0.3 is 5.97 Å². The van der Waals surface area contributed by atoms with Crippen LogP contribution < -0.4 is 4.74 Å². The van der Waals surface area contributed by atoms with Crippen LogP contribution in [0.15, 0.2) is 42.5 Å². The van der Waals surface area contributed by atoms with Gasteiger partial charge in [0.2, 0.25) is 11.5 Å². The zero-order chi connectivity index (χ0) is 22.5. The van der Waals surface area contributed by atoms with E-state index in [1.54, 1.807) is 38.3 Å². The van der Waals surface area contributed by atoms with Crippen LogP contribution in [0, 0.1) is 17.0 Å². The Morgan fingerprint density at radius 2 is 1.87 bits per heavy atom. The molecular weight excluding hydrogens is 404 g/mol. The minimum Gasteiger partial charge on any atom is -0.497 e. The first-order valence-corrected chi connectivity index (χ1v) is 9.39. The first-order chi connectivity index (χ1) is 14.9. The molecule has 0 bridgehead atoms. The van der Waals surface area contributed by atoms with E-state index in [1.165, 1.54) is 29.8 Å². The predicted octanol–water partition coefficient (Wildman–Crippen LogP) is 2.96. The number of para-hydroxylation sites is 1. The third kappa shape index (κ3) is 4.42. The zero-order valence-corrected chi connectivity index (χ0v) is 17.2. The van der Waals surface area contributed by atoms with E-state index in [4.69, 9.17) is 9.47 Å². The highest BCUT2D eigenvalue weighted by molar-refractivity contribution is 6.14. The Morgan fingerprint density at radius 3 is 2.48 bits per heavy atom. The average Bonchev–Trinajstić information content (AvgIpc) is 3.17. The van der Waals surface area contributed by atoms with Gasteiger partial charge in [-0.05, 0) is 37.6 Å². The summed E-state index contributed by atoms with van der Waals surface area (Å²) in [5.41, 5.74) is 0.115. The quantitative estimate of drug-likeness (QED) is 0.234. The molecule has 0 unspecified atom stereocenters. The number of benzene rings is 2. The molecule has 0 saturated carbocycles. The Hall–Kier alpha value is -4.08. The van der Waals surface area contributed by atoms with Crippen molar-refractivity contribution in [3.05, 3.63) is 80.7 Å². The summed E-state index contributed by atoms with van der Waals surface area (Å²) in [6.45, 7) is 3.33. The molecule has 0 saturated heterocycles. The van der Waals surface area contributed by atoms with Gasteiger partial charge in [0, 0.05) is 5.56 Å². The molecule has 0 fully saturated rings. The third-order valence-corrected chi connectivity index (χ3v) is 4.58. The third-order valence-electron chi connectivity index (χ3n) is 4.58. The highest BCUT2D eigenvalue weighted by atomic mass is 16.6. The van der Waals surface area contributed by atoms with Crippen LogP contribution in [0.3, 0.4) is 0 Å². The van der Waals surface area contributed by atoms with E-state index >= 15 is 0 Å². The summed E-state index contributed by atoms with van der Waals surface area (Å²) in [5.74, 6) is -0.916. The van der Waals surface area contributed by atoms with E-state index in [1.807, 2.05) is 0 Å².